The summed E-state index contributed by atoms with van der Waals surface area (Å²) in [6.07, 6.45) is 0. The van der Waals surface area contributed by atoms with Crippen LogP contribution in [-0.2, 0) is 0 Å². The van der Waals surface area contributed by atoms with Gasteiger partial charge in [-0.2, -0.15) is 0 Å². The fourth-order valence-corrected chi connectivity index (χ4v) is 5.08. The smallest absolute Gasteiger partial charge is 0.153 e. The third-order valence-corrected chi connectivity index (χ3v) is 6.79. The lowest BCUT2D eigenvalue weighted by Crippen LogP contribution is -2.16. The highest BCUT2D eigenvalue weighted by Crippen LogP contribution is 2.52. The van der Waals surface area contributed by atoms with Crippen LogP contribution in [0, 0.1) is 0 Å². The van der Waals surface area contributed by atoms with E-state index >= 15 is 0 Å². The molecule has 6 aromatic rings. The summed E-state index contributed by atoms with van der Waals surface area (Å²) in [6.45, 7) is 0. The number of hydrogen-bond donors (Lipinski definition) is 0. The van der Waals surface area contributed by atoms with Gasteiger partial charge in [-0.05, 0) is 71.4 Å². The zero-order valence-electron chi connectivity index (χ0n) is 20.2. The maximum atomic E-state index is 6.49. The number of fused-ring (bicyclic) bond motifs is 3. The molecule has 0 fully saturated rings. The Bertz CT molecular complexity index is 1710. The van der Waals surface area contributed by atoms with Crippen LogP contribution in [0.2, 0.25) is 0 Å². The van der Waals surface area contributed by atoms with E-state index in [9.17, 15) is 0 Å². The van der Waals surface area contributed by atoms with Crippen LogP contribution in [0.3, 0.4) is 0 Å². The van der Waals surface area contributed by atoms with Gasteiger partial charge in [0.05, 0.1) is 11.4 Å². The first-order valence-electron chi connectivity index (χ1n) is 12.5. The lowest BCUT2D eigenvalue weighted by atomic mass is 10.1. The van der Waals surface area contributed by atoms with Gasteiger partial charge < -0.3 is 14.5 Å². The first-order valence-corrected chi connectivity index (χ1v) is 12.5. The van der Waals surface area contributed by atoms with Gasteiger partial charge in [0.1, 0.15) is 0 Å². The number of rotatable bonds is 4. The van der Waals surface area contributed by atoms with E-state index in [0.717, 1.165) is 45.6 Å². The molecule has 1 aliphatic heterocycles. The van der Waals surface area contributed by atoms with E-state index in [2.05, 4.69) is 125 Å². The Morgan fingerprint density at radius 1 is 0.432 bits per heavy atom. The first kappa shape index (κ1) is 21.3. The molecule has 1 heterocycles. The molecule has 3 heteroatoms. The second-order valence-electron chi connectivity index (χ2n) is 9.10. The van der Waals surface area contributed by atoms with E-state index in [1.807, 2.05) is 30.3 Å². The van der Waals surface area contributed by atoms with Crippen molar-refractivity contribution in [2.45, 2.75) is 0 Å². The quantitative estimate of drug-likeness (QED) is 0.251. The van der Waals surface area contributed by atoms with Crippen molar-refractivity contribution in [2.24, 2.45) is 0 Å². The third-order valence-electron chi connectivity index (χ3n) is 6.79. The van der Waals surface area contributed by atoms with E-state index in [1.54, 1.807) is 0 Å². The average molecular weight is 477 g/mol. The largest absolute Gasteiger partial charge is 0.453 e. The van der Waals surface area contributed by atoms with Crippen molar-refractivity contribution in [1.82, 2.24) is 0 Å². The Kier molecular flexibility index (Phi) is 5.11. The second-order valence-corrected chi connectivity index (χ2v) is 9.10. The fraction of sp³-hybridized carbons (Fsp3) is 0. The predicted molar refractivity (Wildman–Crippen MR) is 153 cm³/mol. The van der Waals surface area contributed by atoms with Crippen LogP contribution in [-0.4, -0.2) is 0 Å². The minimum absolute atomic E-state index is 0.821. The van der Waals surface area contributed by atoms with Crippen LogP contribution >= 0.6 is 0 Å². The third kappa shape index (κ3) is 3.78. The molecular weight excluding hydrogens is 452 g/mol. The maximum Gasteiger partial charge on any atom is 0.153 e. The topological polar surface area (TPSA) is 15.7 Å². The van der Waals surface area contributed by atoms with Crippen molar-refractivity contribution in [3.63, 3.8) is 0 Å². The molecule has 0 radical (unpaired) electrons. The van der Waals surface area contributed by atoms with Crippen molar-refractivity contribution in [1.29, 1.82) is 0 Å². The molecule has 0 aromatic heterocycles. The van der Waals surface area contributed by atoms with Gasteiger partial charge in [-0.1, -0.05) is 78.9 Å². The molecule has 0 aliphatic carbocycles. The van der Waals surface area contributed by atoms with E-state index in [0.29, 0.717) is 0 Å². The molecule has 0 spiro atoms. The first-order chi connectivity index (χ1) is 18.3. The summed E-state index contributed by atoms with van der Waals surface area (Å²) >= 11 is 0. The zero-order chi connectivity index (χ0) is 24.6. The molecule has 37 heavy (non-hydrogen) atoms. The molecule has 7 rings (SSSR count). The summed E-state index contributed by atoms with van der Waals surface area (Å²) in [5.41, 5.74) is 6.37. The second kappa shape index (κ2) is 8.89. The van der Waals surface area contributed by atoms with E-state index in [-0.39, 0.29) is 0 Å². The highest BCUT2D eigenvalue weighted by Gasteiger charge is 2.26. The highest BCUT2D eigenvalue weighted by atomic mass is 16.5. The SMILES string of the molecule is c1ccc(N(c2ccc3c(c2)Oc2ccccc2N3c2ccccc2)c2ccc3ccccc3c2)cc1. The lowest BCUT2D eigenvalue weighted by Gasteiger charge is -2.34. The predicted octanol–water partition coefficient (Wildman–Crippen LogP) is 9.89. The number of nitrogens with zero attached hydrogens (tertiary/aromatic N) is 2. The Labute approximate surface area is 216 Å². The molecule has 6 aromatic carbocycles. The van der Waals surface area contributed by atoms with Crippen molar-refractivity contribution in [3.8, 4) is 11.5 Å². The number of ether oxygens (including phenoxy) is 1. The minimum Gasteiger partial charge on any atom is -0.453 e. The van der Waals surface area contributed by atoms with Crippen LogP contribution in [0.1, 0.15) is 0 Å². The molecule has 0 bridgehead atoms. The summed E-state index contributed by atoms with van der Waals surface area (Å²) in [4.78, 5) is 4.55. The van der Waals surface area contributed by atoms with Crippen molar-refractivity contribution < 1.29 is 4.74 Å². The van der Waals surface area contributed by atoms with Crippen LogP contribution in [0.15, 0.2) is 146 Å². The highest BCUT2D eigenvalue weighted by molar-refractivity contribution is 5.91. The fourth-order valence-electron chi connectivity index (χ4n) is 5.08. The number of anilines is 6. The molecular formula is C34H24N2O. The van der Waals surface area contributed by atoms with Gasteiger partial charge in [-0.25, -0.2) is 0 Å². The molecule has 0 saturated heterocycles. The normalized spacial score (nSPS) is 11.9. The molecule has 0 atom stereocenters. The Morgan fingerprint density at radius 3 is 1.89 bits per heavy atom. The van der Waals surface area contributed by atoms with Crippen molar-refractivity contribution in [3.05, 3.63) is 146 Å². The average Bonchev–Trinajstić information content (AvgIpc) is 2.97. The van der Waals surface area contributed by atoms with Gasteiger partial charge in [-0.15, -0.1) is 0 Å². The monoisotopic (exact) mass is 476 g/mol. The molecule has 176 valence electrons. The van der Waals surface area contributed by atoms with Gasteiger partial charge in [0.25, 0.3) is 0 Å². The zero-order valence-corrected chi connectivity index (χ0v) is 20.2. The van der Waals surface area contributed by atoms with Gasteiger partial charge in [0, 0.05) is 28.8 Å². The minimum atomic E-state index is 0.821. The summed E-state index contributed by atoms with van der Waals surface area (Å²) in [7, 11) is 0. The Morgan fingerprint density at radius 2 is 1.05 bits per heavy atom. The van der Waals surface area contributed by atoms with Crippen LogP contribution in [0.4, 0.5) is 34.1 Å². The number of hydrogen-bond acceptors (Lipinski definition) is 3. The molecule has 0 amide bonds. The summed E-state index contributed by atoms with van der Waals surface area (Å²) in [6, 6.07) is 50.7. The van der Waals surface area contributed by atoms with Gasteiger partial charge in [0.15, 0.2) is 11.5 Å². The number of benzene rings is 6. The molecule has 3 nitrogen and oxygen atoms in total. The van der Waals surface area contributed by atoms with E-state index in [1.165, 1.54) is 10.8 Å². The standard InChI is InChI=1S/C34H24N2O/c1-3-13-27(14-4-1)35(29-20-19-25-11-7-8-12-26(25)23-29)30-21-22-32-34(24-30)37-33-18-10-9-17-31(33)36(32)28-15-5-2-6-16-28/h1-24H. The van der Waals surface area contributed by atoms with Crippen molar-refractivity contribution >= 4 is 44.9 Å². The molecule has 0 N–H and O–H groups in total. The summed E-state index contributed by atoms with van der Waals surface area (Å²) < 4.78 is 6.49. The van der Waals surface area contributed by atoms with Crippen molar-refractivity contribution in [2.75, 3.05) is 9.80 Å². The van der Waals surface area contributed by atoms with Gasteiger partial charge in [-0.3, -0.25) is 0 Å². The van der Waals surface area contributed by atoms with Crippen LogP contribution in [0.5, 0.6) is 11.5 Å². The van der Waals surface area contributed by atoms with Gasteiger partial charge >= 0.3 is 0 Å². The molecule has 0 saturated carbocycles. The van der Waals surface area contributed by atoms with Gasteiger partial charge in [0.2, 0.25) is 0 Å². The summed E-state index contributed by atoms with van der Waals surface area (Å²) in [5, 5.41) is 2.43. The maximum absolute atomic E-state index is 6.49. The van der Waals surface area contributed by atoms with Crippen LogP contribution in [0.25, 0.3) is 10.8 Å². The lowest BCUT2D eigenvalue weighted by molar-refractivity contribution is 0.477. The van der Waals surface area contributed by atoms with E-state index < -0.39 is 0 Å². The molecule has 1 aliphatic rings. The number of para-hydroxylation sites is 4. The Hall–Kier alpha value is -5.02. The Balaban J connectivity index is 1.39. The van der Waals surface area contributed by atoms with Crippen LogP contribution < -0.4 is 14.5 Å². The molecule has 0 unspecified atom stereocenters. The van der Waals surface area contributed by atoms with E-state index in [4.69, 9.17) is 4.74 Å². The summed E-state index contributed by atoms with van der Waals surface area (Å²) in [5.74, 6) is 1.66.